The summed E-state index contributed by atoms with van der Waals surface area (Å²) in [7, 11) is 0. The fraction of sp³-hybridized carbons (Fsp3) is 0.917. The third kappa shape index (κ3) is 1.78. The molecule has 0 amide bonds. The predicted molar refractivity (Wildman–Crippen MR) is 58.7 cm³/mol. The van der Waals surface area contributed by atoms with Crippen LogP contribution in [0, 0.1) is 11.3 Å². The van der Waals surface area contributed by atoms with Crippen LogP contribution in [0.1, 0.15) is 45.4 Å². The lowest BCUT2D eigenvalue weighted by Gasteiger charge is -2.37. The molecule has 2 atom stereocenters. The molecule has 3 heteroatoms. The van der Waals surface area contributed by atoms with E-state index in [1.54, 1.807) is 0 Å². The maximum atomic E-state index is 11.4. The second-order valence-corrected chi connectivity index (χ2v) is 5.13. The van der Waals surface area contributed by atoms with Gasteiger partial charge >= 0.3 is 5.97 Å². The Kier molecular flexibility index (Phi) is 3.01. The molecule has 1 spiro atoms. The van der Waals surface area contributed by atoms with E-state index >= 15 is 0 Å². The quantitative estimate of drug-likeness (QED) is 0.734. The van der Waals surface area contributed by atoms with E-state index in [9.17, 15) is 9.90 Å². The SMILES string of the molecule is CCC1NCC2(CCCCC2)C1C(=O)O. The van der Waals surface area contributed by atoms with Gasteiger partial charge in [0.05, 0.1) is 5.92 Å². The van der Waals surface area contributed by atoms with Gasteiger partial charge in [-0.25, -0.2) is 0 Å². The van der Waals surface area contributed by atoms with Crippen molar-refractivity contribution in [1.82, 2.24) is 5.32 Å². The molecule has 1 heterocycles. The Balaban J connectivity index is 2.19. The Morgan fingerprint density at radius 2 is 2.07 bits per heavy atom. The molecule has 0 radical (unpaired) electrons. The number of carboxylic acid groups (broad SMARTS) is 1. The van der Waals surface area contributed by atoms with Crippen molar-refractivity contribution in [3.63, 3.8) is 0 Å². The Bertz CT molecular complexity index is 246. The van der Waals surface area contributed by atoms with Crippen molar-refractivity contribution in [3.05, 3.63) is 0 Å². The van der Waals surface area contributed by atoms with E-state index in [1.165, 1.54) is 19.3 Å². The van der Waals surface area contributed by atoms with Gasteiger partial charge in [0.2, 0.25) is 0 Å². The number of hydrogen-bond donors (Lipinski definition) is 2. The van der Waals surface area contributed by atoms with Gasteiger partial charge < -0.3 is 10.4 Å². The lowest BCUT2D eigenvalue weighted by Crippen LogP contribution is -2.39. The molecule has 2 aliphatic rings. The first kappa shape index (κ1) is 10.9. The van der Waals surface area contributed by atoms with Gasteiger partial charge in [-0.15, -0.1) is 0 Å². The van der Waals surface area contributed by atoms with Crippen molar-refractivity contribution in [2.75, 3.05) is 6.54 Å². The van der Waals surface area contributed by atoms with E-state index in [0.29, 0.717) is 0 Å². The maximum Gasteiger partial charge on any atom is 0.308 e. The molecule has 0 aromatic carbocycles. The number of carbonyl (C=O) groups is 1. The van der Waals surface area contributed by atoms with Crippen LogP contribution in [0.5, 0.6) is 0 Å². The Morgan fingerprint density at radius 1 is 1.40 bits per heavy atom. The van der Waals surface area contributed by atoms with Gasteiger partial charge in [0, 0.05) is 12.6 Å². The van der Waals surface area contributed by atoms with E-state index in [4.69, 9.17) is 0 Å². The minimum atomic E-state index is -0.589. The summed E-state index contributed by atoms with van der Waals surface area (Å²) in [4.78, 5) is 11.4. The Hall–Kier alpha value is -0.570. The molecule has 1 saturated heterocycles. The molecule has 2 unspecified atom stereocenters. The maximum absolute atomic E-state index is 11.4. The Labute approximate surface area is 91.2 Å². The molecule has 0 bridgehead atoms. The zero-order chi connectivity index (χ0) is 10.9. The normalized spacial score (nSPS) is 34.5. The average Bonchev–Trinajstić information content (AvgIpc) is 2.58. The van der Waals surface area contributed by atoms with Crippen LogP contribution in [0.2, 0.25) is 0 Å². The molecule has 1 aliphatic carbocycles. The highest BCUT2D eigenvalue weighted by atomic mass is 16.4. The third-order valence-corrected chi connectivity index (χ3v) is 4.33. The smallest absolute Gasteiger partial charge is 0.308 e. The topological polar surface area (TPSA) is 49.3 Å². The average molecular weight is 211 g/mol. The molecule has 2 N–H and O–H groups in total. The highest BCUT2D eigenvalue weighted by Crippen LogP contribution is 2.47. The predicted octanol–water partition coefficient (Wildman–Crippen LogP) is 2.02. The molecule has 15 heavy (non-hydrogen) atoms. The van der Waals surface area contributed by atoms with Gasteiger partial charge in [-0.1, -0.05) is 26.2 Å². The van der Waals surface area contributed by atoms with Crippen LogP contribution in [0.25, 0.3) is 0 Å². The van der Waals surface area contributed by atoms with Gasteiger partial charge in [-0.05, 0) is 24.7 Å². The highest BCUT2D eigenvalue weighted by molar-refractivity contribution is 5.72. The standard InChI is InChI=1S/C12H21NO2/c1-2-9-10(11(14)15)12(8-13-9)6-4-3-5-7-12/h9-10,13H,2-8H2,1H3,(H,14,15). The van der Waals surface area contributed by atoms with Crippen molar-refractivity contribution >= 4 is 5.97 Å². The van der Waals surface area contributed by atoms with Gasteiger partial charge in [-0.2, -0.15) is 0 Å². The first-order valence-corrected chi connectivity index (χ1v) is 6.16. The molecule has 0 aromatic rings. The molecule has 0 aromatic heterocycles. The lowest BCUT2D eigenvalue weighted by atomic mass is 9.66. The van der Waals surface area contributed by atoms with Crippen molar-refractivity contribution in [1.29, 1.82) is 0 Å². The van der Waals surface area contributed by atoms with Crippen LogP contribution in [0.3, 0.4) is 0 Å². The van der Waals surface area contributed by atoms with Crippen LogP contribution < -0.4 is 5.32 Å². The van der Waals surface area contributed by atoms with Gasteiger partial charge in [-0.3, -0.25) is 4.79 Å². The minimum absolute atomic E-state index is 0.0742. The van der Waals surface area contributed by atoms with Crippen molar-refractivity contribution in [2.45, 2.75) is 51.5 Å². The first-order chi connectivity index (χ1) is 7.19. The molecule has 1 aliphatic heterocycles. The largest absolute Gasteiger partial charge is 0.481 e. The summed E-state index contributed by atoms with van der Waals surface area (Å²) in [5.74, 6) is -0.739. The van der Waals surface area contributed by atoms with Crippen molar-refractivity contribution in [3.8, 4) is 0 Å². The molecular weight excluding hydrogens is 190 g/mol. The molecule has 2 rings (SSSR count). The molecule has 1 saturated carbocycles. The summed E-state index contributed by atoms with van der Waals surface area (Å²) >= 11 is 0. The molecular formula is C12H21NO2. The summed E-state index contributed by atoms with van der Waals surface area (Å²) in [6, 6.07) is 0.195. The first-order valence-electron chi connectivity index (χ1n) is 6.16. The van der Waals surface area contributed by atoms with E-state index in [-0.39, 0.29) is 17.4 Å². The highest BCUT2D eigenvalue weighted by Gasteiger charge is 2.51. The van der Waals surface area contributed by atoms with Crippen LogP contribution in [-0.4, -0.2) is 23.7 Å². The summed E-state index contributed by atoms with van der Waals surface area (Å²) in [5, 5.41) is 12.8. The van der Waals surface area contributed by atoms with Gasteiger partial charge in [0.25, 0.3) is 0 Å². The number of aliphatic carboxylic acids is 1. The van der Waals surface area contributed by atoms with Gasteiger partial charge in [0.15, 0.2) is 0 Å². The second kappa shape index (κ2) is 4.12. The van der Waals surface area contributed by atoms with Crippen molar-refractivity contribution < 1.29 is 9.90 Å². The number of hydrogen-bond acceptors (Lipinski definition) is 2. The Morgan fingerprint density at radius 3 is 2.60 bits per heavy atom. The minimum Gasteiger partial charge on any atom is -0.481 e. The van der Waals surface area contributed by atoms with Crippen molar-refractivity contribution in [2.24, 2.45) is 11.3 Å². The zero-order valence-corrected chi connectivity index (χ0v) is 9.46. The van der Waals surface area contributed by atoms with E-state index in [1.807, 2.05) is 0 Å². The number of carboxylic acids is 1. The number of nitrogens with one attached hydrogen (secondary N) is 1. The molecule has 86 valence electrons. The van der Waals surface area contributed by atoms with E-state index in [0.717, 1.165) is 25.8 Å². The zero-order valence-electron chi connectivity index (χ0n) is 9.46. The van der Waals surface area contributed by atoms with Crippen LogP contribution in [0.4, 0.5) is 0 Å². The second-order valence-electron chi connectivity index (χ2n) is 5.13. The summed E-state index contributed by atoms with van der Waals surface area (Å²) in [5.41, 5.74) is 0.0742. The van der Waals surface area contributed by atoms with Crippen LogP contribution in [-0.2, 0) is 4.79 Å². The number of rotatable bonds is 2. The summed E-state index contributed by atoms with van der Waals surface area (Å²) < 4.78 is 0. The lowest BCUT2D eigenvalue weighted by molar-refractivity contribution is -0.146. The van der Waals surface area contributed by atoms with E-state index in [2.05, 4.69) is 12.2 Å². The van der Waals surface area contributed by atoms with Crippen LogP contribution >= 0.6 is 0 Å². The van der Waals surface area contributed by atoms with Gasteiger partial charge in [0.1, 0.15) is 0 Å². The fourth-order valence-electron chi connectivity index (χ4n) is 3.55. The molecule has 2 fully saturated rings. The molecule has 3 nitrogen and oxygen atoms in total. The third-order valence-electron chi connectivity index (χ3n) is 4.33. The fourth-order valence-corrected chi connectivity index (χ4v) is 3.55. The monoisotopic (exact) mass is 211 g/mol. The summed E-state index contributed by atoms with van der Waals surface area (Å²) in [6.45, 7) is 3.00. The van der Waals surface area contributed by atoms with E-state index < -0.39 is 5.97 Å². The van der Waals surface area contributed by atoms with Crippen LogP contribution in [0.15, 0.2) is 0 Å². The summed E-state index contributed by atoms with van der Waals surface area (Å²) in [6.07, 6.45) is 6.84.